The Morgan fingerprint density at radius 1 is 1.15 bits per heavy atom. The first-order valence-electron chi connectivity index (χ1n) is 10.7. The number of amides is 1. The van der Waals surface area contributed by atoms with Crippen LogP contribution in [0.15, 0.2) is 4.99 Å². The maximum Gasteiger partial charge on any atom is 0.246 e. The van der Waals surface area contributed by atoms with E-state index in [-0.39, 0.29) is 5.91 Å². The lowest BCUT2D eigenvalue weighted by atomic mass is 9.82. The lowest BCUT2D eigenvalue weighted by Gasteiger charge is -2.33. The Balaban J connectivity index is 1.65. The Morgan fingerprint density at radius 2 is 1.81 bits per heavy atom. The molecule has 2 saturated carbocycles. The van der Waals surface area contributed by atoms with Gasteiger partial charge in [0.05, 0.1) is 19.3 Å². The molecule has 0 aromatic heterocycles. The largest absolute Gasteiger partial charge is 0.378 e. The zero-order valence-corrected chi connectivity index (χ0v) is 16.4. The quantitative estimate of drug-likeness (QED) is 0.574. The maximum absolute atomic E-state index is 13.1. The molecular formula is C21H33N4O2. The van der Waals surface area contributed by atoms with Crippen LogP contribution in [-0.4, -0.2) is 55.0 Å². The molecule has 6 heteroatoms. The number of carbonyl (C=O) groups excluding carboxylic acids is 1. The van der Waals surface area contributed by atoms with Crippen LogP contribution in [0, 0.1) is 17.2 Å². The highest BCUT2D eigenvalue weighted by Gasteiger charge is 2.36. The second-order valence-electron chi connectivity index (χ2n) is 8.33. The molecule has 2 aliphatic carbocycles. The van der Waals surface area contributed by atoms with Crippen molar-refractivity contribution in [3.05, 3.63) is 0 Å². The van der Waals surface area contributed by atoms with Gasteiger partial charge in [-0.3, -0.25) is 9.79 Å². The van der Waals surface area contributed by atoms with Crippen LogP contribution in [0.4, 0.5) is 0 Å². The SMILES string of the molecule is N#CC1(NC(=O)C(CC2CCCCC2)/N=[C]\N2CCOCC2)CCCCC1. The minimum atomic E-state index is -0.700. The summed E-state index contributed by atoms with van der Waals surface area (Å²) in [4.78, 5) is 19.7. The molecule has 27 heavy (non-hydrogen) atoms. The highest BCUT2D eigenvalue weighted by atomic mass is 16.5. The molecular weight excluding hydrogens is 340 g/mol. The Labute approximate surface area is 163 Å². The molecule has 1 aliphatic heterocycles. The lowest BCUT2D eigenvalue weighted by molar-refractivity contribution is -0.124. The van der Waals surface area contributed by atoms with Crippen LogP contribution in [-0.2, 0) is 9.53 Å². The number of hydrogen-bond donors (Lipinski definition) is 1. The van der Waals surface area contributed by atoms with Crippen molar-refractivity contribution >= 4 is 12.2 Å². The van der Waals surface area contributed by atoms with Crippen LogP contribution in [0.5, 0.6) is 0 Å². The van der Waals surface area contributed by atoms with Crippen molar-refractivity contribution in [3.63, 3.8) is 0 Å². The average molecular weight is 374 g/mol. The molecule has 3 fully saturated rings. The van der Waals surface area contributed by atoms with E-state index in [1.54, 1.807) is 0 Å². The van der Waals surface area contributed by atoms with E-state index in [9.17, 15) is 10.1 Å². The van der Waals surface area contributed by atoms with Crippen molar-refractivity contribution in [2.45, 2.75) is 82.2 Å². The van der Waals surface area contributed by atoms with Gasteiger partial charge in [-0.1, -0.05) is 51.4 Å². The predicted molar refractivity (Wildman–Crippen MR) is 104 cm³/mol. The van der Waals surface area contributed by atoms with E-state index in [2.05, 4.69) is 22.7 Å². The fraction of sp³-hybridized carbons (Fsp3) is 0.857. The van der Waals surface area contributed by atoms with Crippen molar-refractivity contribution in [3.8, 4) is 6.07 Å². The second kappa shape index (κ2) is 10.1. The summed E-state index contributed by atoms with van der Waals surface area (Å²) >= 11 is 0. The first-order chi connectivity index (χ1) is 13.2. The highest BCUT2D eigenvalue weighted by molar-refractivity contribution is 5.84. The Hall–Kier alpha value is -1.61. The molecule has 1 N–H and O–H groups in total. The summed E-state index contributed by atoms with van der Waals surface area (Å²) in [5, 5.41) is 12.8. The van der Waals surface area contributed by atoms with Gasteiger partial charge in [-0.25, -0.2) is 0 Å². The Bertz CT molecular complexity index is 539. The van der Waals surface area contributed by atoms with Crippen molar-refractivity contribution in [1.29, 1.82) is 5.26 Å². The van der Waals surface area contributed by atoms with E-state index in [4.69, 9.17) is 4.74 Å². The molecule has 0 aromatic rings. The molecule has 0 bridgehead atoms. The minimum absolute atomic E-state index is 0.0928. The Morgan fingerprint density at radius 3 is 2.48 bits per heavy atom. The van der Waals surface area contributed by atoms with E-state index in [0.717, 1.165) is 51.6 Å². The minimum Gasteiger partial charge on any atom is -0.378 e. The maximum atomic E-state index is 13.1. The fourth-order valence-electron chi connectivity index (χ4n) is 4.51. The van der Waals surface area contributed by atoms with Gasteiger partial charge in [0.25, 0.3) is 0 Å². The third kappa shape index (κ3) is 5.93. The molecule has 1 saturated heterocycles. The van der Waals surface area contributed by atoms with Gasteiger partial charge >= 0.3 is 0 Å². The van der Waals surface area contributed by atoms with Crippen LogP contribution < -0.4 is 5.32 Å². The van der Waals surface area contributed by atoms with Gasteiger partial charge in [0.1, 0.15) is 11.6 Å². The normalized spacial score (nSPS) is 25.1. The number of rotatable bonds is 6. The number of nitrogens with one attached hydrogen (secondary N) is 1. The first kappa shape index (κ1) is 20.1. The third-order valence-electron chi connectivity index (χ3n) is 6.23. The summed E-state index contributed by atoms with van der Waals surface area (Å²) in [6.45, 7) is 2.89. The molecule has 0 aromatic carbocycles. The van der Waals surface area contributed by atoms with Gasteiger partial charge in [-0.15, -0.1) is 0 Å². The molecule has 1 atom stereocenters. The van der Waals surface area contributed by atoms with Gasteiger partial charge in [0.15, 0.2) is 6.34 Å². The molecule has 0 spiro atoms. The molecule has 1 amide bonds. The number of hydrogen-bond acceptors (Lipinski definition) is 4. The highest BCUT2D eigenvalue weighted by Crippen LogP contribution is 2.30. The van der Waals surface area contributed by atoms with E-state index in [1.165, 1.54) is 32.1 Å². The van der Waals surface area contributed by atoms with Crippen LogP contribution in [0.3, 0.4) is 0 Å². The van der Waals surface area contributed by atoms with Gasteiger partial charge in [-0.2, -0.15) is 5.26 Å². The zero-order chi connectivity index (χ0) is 19.0. The molecule has 6 nitrogen and oxygen atoms in total. The Kier molecular flexibility index (Phi) is 7.51. The fourth-order valence-corrected chi connectivity index (χ4v) is 4.51. The standard InChI is InChI=1S/C21H33N4O2/c22-16-21(9-5-2-6-10-21)24-20(26)19(15-18-7-3-1-4-8-18)23-17-25-11-13-27-14-12-25/h18-19H,1-15H2,(H,24,26). The van der Waals surface area contributed by atoms with Gasteiger partial charge in [0.2, 0.25) is 5.91 Å². The molecule has 1 unspecified atom stereocenters. The molecule has 1 heterocycles. The molecule has 1 radical (unpaired) electrons. The van der Waals surface area contributed by atoms with Crippen molar-refractivity contribution in [1.82, 2.24) is 10.2 Å². The van der Waals surface area contributed by atoms with E-state index in [0.29, 0.717) is 19.1 Å². The monoisotopic (exact) mass is 373 g/mol. The molecule has 3 aliphatic rings. The summed E-state index contributed by atoms with van der Waals surface area (Å²) in [5.74, 6) is 0.457. The number of ether oxygens (including phenoxy) is 1. The number of carbonyl (C=O) groups is 1. The van der Waals surface area contributed by atoms with E-state index >= 15 is 0 Å². The summed E-state index contributed by atoms with van der Waals surface area (Å²) in [6.07, 6.45) is 14.7. The molecule has 149 valence electrons. The first-order valence-corrected chi connectivity index (χ1v) is 10.7. The summed E-state index contributed by atoms with van der Waals surface area (Å²) in [5.41, 5.74) is -0.700. The topological polar surface area (TPSA) is 77.7 Å². The number of morpholine rings is 1. The average Bonchev–Trinajstić information content (AvgIpc) is 2.73. The van der Waals surface area contributed by atoms with Crippen LogP contribution in [0.1, 0.15) is 70.6 Å². The van der Waals surface area contributed by atoms with Crippen LogP contribution in [0.2, 0.25) is 0 Å². The summed E-state index contributed by atoms with van der Waals surface area (Å²) in [7, 11) is 0. The zero-order valence-electron chi connectivity index (χ0n) is 16.4. The lowest BCUT2D eigenvalue weighted by Crippen LogP contribution is -2.52. The van der Waals surface area contributed by atoms with Crippen molar-refractivity contribution in [2.24, 2.45) is 10.9 Å². The van der Waals surface area contributed by atoms with Gasteiger partial charge < -0.3 is 15.0 Å². The van der Waals surface area contributed by atoms with Gasteiger partial charge in [0, 0.05) is 13.1 Å². The summed E-state index contributed by atoms with van der Waals surface area (Å²) in [6, 6.07) is 1.95. The smallest absolute Gasteiger partial charge is 0.246 e. The van der Waals surface area contributed by atoms with E-state index < -0.39 is 11.6 Å². The second-order valence-corrected chi connectivity index (χ2v) is 8.33. The number of nitriles is 1. The predicted octanol–water partition coefficient (Wildman–Crippen LogP) is 2.91. The number of aliphatic imine (C=N–C) groups is 1. The van der Waals surface area contributed by atoms with E-state index in [1.807, 2.05) is 4.90 Å². The van der Waals surface area contributed by atoms with Crippen LogP contribution >= 0.6 is 0 Å². The summed E-state index contributed by atoms with van der Waals surface area (Å²) < 4.78 is 5.37. The van der Waals surface area contributed by atoms with Crippen molar-refractivity contribution in [2.75, 3.05) is 26.3 Å². The van der Waals surface area contributed by atoms with Gasteiger partial charge in [-0.05, 0) is 25.2 Å². The van der Waals surface area contributed by atoms with Crippen LogP contribution in [0.25, 0.3) is 0 Å². The number of nitrogens with zero attached hydrogens (tertiary/aromatic N) is 3. The van der Waals surface area contributed by atoms with Crippen molar-refractivity contribution < 1.29 is 9.53 Å². The molecule has 3 rings (SSSR count). The third-order valence-corrected chi connectivity index (χ3v) is 6.23.